The van der Waals surface area contributed by atoms with Crippen LogP contribution in [-0.4, -0.2) is 4.99 Å². The van der Waals surface area contributed by atoms with E-state index in [1.165, 1.54) is 24.0 Å². The molecule has 0 aromatic heterocycles. The standard InChI is InChI=1S/C11H14N2S/c12-13-11(14)10-7-3-5-8-4-1-2-6-9(8)10/h1-2,4,6,10H,3,5,7,12H2,(H,13,14). The first-order valence-electron chi connectivity index (χ1n) is 4.91. The van der Waals surface area contributed by atoms with Crippen molar-refractivity contribution in [3.05, 3.63) is 35.4 Å². The summed E-state index contributed by atoms with van der Waals surface area (Å²) in [6.45, 7) is 0. The zero-order valence-corrected chi connectivity index (χ0v) is 8.81. The SMILES string of the molecule is NNC(=S)C1CCCc2ccccc21. The summed E-state index contributed by atoms with van der Waals surface area (Å²) in [5.74, 6) is 5.69. The summed E-state index contributed by atoms with van der Waals surface area (Å²) < 4.78 is 0. The molecule has 2 nitrogen and oxygen atoms in total. The molecule has 0 amide bonds. The topological polar surface area (TPSA) is 38.0 Å². The van der Waals surface area contributed by atoms with E-state index in [-0.39, 0.29) is 0 Å². The van der Waals surface area contributed by atoms with E-state index in [1.54, 1.807) is 0 Å². The molecule has 2 rings (SSSR count). The number of hydrogen-bond donors (Lipinski definition) is 2. The molecule has 1 atom stereocenters. The highest BCUT2D eigenvalue weighted by Crippen LogP contribution is 2.31. The van der Waals surface area contributed by atoms with Crippen LogP contribution in [0.25, 0.3) is 0 Å². The van der Waals surface area contributed by atoms with E-state index < -0.39 is 0 Å². The van der Waals surface area contributed by atoms with E-state index in [0.717, 1.165) is 11.4 Å². The number of hydrogen-bond acceptors (Lipinski definition) is 2. The molecule has 1 aliphatic rings. The van der Waals surface area contributed by atoms with Gasteiger partial charge in [-0.3, -0.25) is 5.84 Å². The molecule has 0 saturated carbocycles. The maximum Gasteiger partial charge on any atom is 0.0969 e. The number of nitrogens with two attached hydrogens (primary N) is 1. The highest BCUT2D eigenvalue weighted by Gasteiger charge is 2.22. The zero-order valence-electron chi connectivity index (χ0n) is 7.99. The molecule has 0 radical (unpaired) electrons. The number of thiocarbonyl (C=S) groups is 1. The molecular formula is C11H14N2S. The average Bonchev–Trinajstić information content (AvgIpc) is 2.27. The molecule has 1 aliphatic carbocycles. The molecule has 14 heavy (non-hydrogen) atoms. The highest BCUT2D eigenvalue weighted by molar-refractivity contribution is 7.80. The van der Waals surface area contributed by atoms with Crippen LogP contribution in [-0.2, 0) is 6.42 Å². The molecule has 74 valence electrons. The monoisotopic (exact) mass is 206 g/mol. The Balaban J connectivity index is 2.35. The van der Waals surface area contributed by atoms with Crippen molar-refractivity contribution >= 4 is 17.2 Å². The maximum atomic E-state index is 5.37. The van der Waals surface area contributed by atoms with Gasteiger partial charge in [-0.2, -0.15) is 0 Å². The second kappa shape index (κ2) is 4.07. The third-order valence-electron chi connectivity index (χ3n) is 2.83. The second-order valence-corrected chi connectivity index (χ2v) is 4.09. The number of aryl methyl sites for hydroxylation is 1. The molecule has 0 heterocycles. The first kappa shape index (κ1) is 9.62. The van der Waals surface area contributed by atoms with E-state index >= 15 is 0 Å². The van der Waals surface area contributed by atoms with Gasteiger partial charge in [0, 0.05) is 5.92 Å². The van der Waals surface area contributed by atoms with Crippen molar-refractivity contribution in [1.82, 2.24) is 5.43 Å². The van der Waals surface area contributed by atoms with Gasteiger partial charge in [0.1, 0.15) is 0 Å². The first-order chi connectivity index (χ1) is 6.83. The lowest BCUT2D eigenvalue weighted by Crippen LogP contribution is -2.34. The molecule has 0 saturated heterocycles. The van der Waals surface area contributed by atoms with Crippen molar-refractivity contribution in [1.29, 1.82) is 0 Å². The minimum atomic E-state index is 0.319. The quantitative estimate of drug-likeness (QED) is 0.419. The fourth-order valence-electron chi connectivity index (χ4n) is 2.13. The Morgan fingerprint density at radius 3 is 3.00 bits per heavy atom. The van der Waals surface area contributed by atoms with Crippen LogP contribution in [0.1, 0.15) is 29.9 Å². The Morgan fingerprint density at radius 1 is 1.43 bits per heavy atom. The normalized spacial score (nSPS) is 19.9. The Morgan fingerprint density at radius 2 is 2.21 bits per heavy atom. The largest absolute Gasteiger partial charge is 0.318 e. The van der Waals surface area contributed by atoms with Crippen LogP contribution in [0.4, 0.5) is 0 Å². The van der Waals surface area contributed by atoms with Crippen molar-refractivity contribution in [2.45, 2.75) is 25.2 Å². The van der Waals surface area contributed by atoms with Gasteiger partial charge in [-0.15, -0.1) is 0 Å². The molecule has 1 aromatic carbocycles. The van der Waals surface area contributed by atoms with Crippen molar-refractivity contribution in [3.8, 4) is 0 Å². The summed E-state index contributed by atoms with van der Waals surface area (Å²) in [6, 6.07) is 8.49. The van der Waals surface area contributed by atoms with Crippen LogP contribution in [0.15, 0.2) is 24.3 Å². The van der Waals surface area contributed by atoms with Gasteiger partial charge >= 0.3 is 0 Å². The van der Waals surface area contributed by atoms with Crippen molar-refractivity contribution in [3.63, 3.8) is 0 Å². The van der Waals surface area contributed by atoms with Crippen LogP contribution in [0.5, 0.6) is 0 Å². The third-order valence-corrected chi connectivity index (χ3v) is 3.23. The minimum Gasteiger partial charge on any atom is -0.318 e. The number of fused-ring (bicyclic) bond motifs is 1. The van der Waals surface area contributed by atoms with E-state index in [1.807, 2.05) is 0 Å². The van der Waals surface area contributed by atoms with Crippen LogP contribution >= 0.6 is 12.2 Å². The fourth-order valence-corrected chi connectivity index (χ4v) is 2.37. The highest BCUT2D eigenvalue weighted by atomic mass is 32.1. The van der Waals surface area contributed by atoms with Gasteiger partial charge < -0.3 is 5.43 Å². The molecule has 3 N–H and O–H groups in total. The van der Waals surface area contributed by atoms with E-state index in [0.29, 0.717) is 5.92 Å². The Hall–Kier alpha value is -0.930. The fraction of sp³-hybridized carbons (Fsp3) is 0.364. The summed E-state index contributed by atoms with van der Waals surface area (Å²) in [7, 11) is 0. The van der Waals surface area contributed by atoms with Crippen LogP contribution in [0, 0.1) is 0 Å². The summed E-state index contributed by atoms with van der Waals surface area (Å²) in [6.07, 6.45) is 3.48. The number of benzene rings is 1. The summed E-state index contributed by atoms with van der Waals surface area (Å²) >= 11 is 5.22. The predicted octanol–water partition coefficient (Wildman–Crippen LogP) is 1.90. The zero-order chi connectivity index (χ0) is 9.97. The van der Waals surface area contributed by atoms with Crippen molar-refractivity contribution in [2.75, 3.05) is 0 Å². The second-order valence-electron chi connectivity index (χ2n) is 3.65. The van der Waals surface area contributed by atoms with Gasteiger partial charge in [0.15, 0.2) is 0 Å². The van der Waals surface area contributed by atoms with E-state index in [9.17, 15) is 0 Å². The van der Waals surface area contributed by atoms with Gasteiger partial charge in [0.2, 0.25) is 0 Å². The molecule has 0 spiro atoms. The molecular weight excluding hydrogens is 192 g/mol. The van der Waals surface area contributed by atoms with Gasteiger partial charge in [0.25, 0.3) is 0 Å². The summed E-state index contributed by atoms with van der Waals surface area (Å²) in [4.78, 5) is 0.761. The van der Waals surface area contributed by atoms with Gasteiger partial charge in [0.05, 0.1) is 4.99 Å². The predicted molar refractivity (Wildman–Crippen MR) is 62.0 cm³/mol. The average molecular weight is 206 g/mol. The Bertz CT molecular complexity index is 349. The lowest BCUT2D eigenvalue weighted by molar-refractivity contribution is 0.643. The number of rotatable bonds is 1. The molecule has 0 bridgehead atoms. The summed E-state index contributed by atoms with van der Waals surface area (Å²) in [5, 5.41) is 0. The van der Waals surface area contributed by atoms with Crippen molar-refractivity contribution in [2.24, 2.45) is 5.84 Å². The van der Waals surface area contributed by atoms with Crippen LogP contribution in [0.3, 0.4) is 0 Å². The van der Waals surface area contributed by atoms with Gasteiger partial charge in [-0.05, 0) is 30.4 Å². The smallest absolute Gasteiger partial charge is 0.0969 e. The molecule has 1 unspecified atom stereocenters. The van der Waals surface area contributed by atoms with E-state index in [2.05, 4.69) is 29.7 Å². The first-order valence-corrected chi connectivity index (χ1v) is 5.32. The molecule has 1 aromatic rings. The minimum absolute atomic E-state index is 0.319. The molecule has 0 fully saturated rings. The van der Waals surface area contributed by atoms with Gasteiger partial charge in [-0.1, -0.05) is 36.5 Å². The Kier molecular flexibility index (Phi) is 2.79. The van der Waals surface area contributed by atoms with Crippen LogP contribution < -0.4 is 11.3 Å². The van der Waals surface area contributed by atoms with E-state index in [4.69, 9.17) is 18.1 Å². The lowest BCUT2D eigenvalue weighted by atomic mass is 9.83. The summed E-state index contributed by atoms with van der Waals surface area (Å²) in [5.41, 5.74) is 5.37. The molecule has 3 heteroatoms. The maximum absolute atomic E-state index is 5.37. The number of hydrazine groups is 1. The lowest BCUT2D eigenvalue weighted by Gasteiger charge is -2.25. The van der Waals surface area contributed by atoms with Crippen molar-refractivity contribution < 1.29 is 0 Å². The third kappa shape index (κ3) is 1.65. The Labute approximate surface area is 89.5 Å². The van der Waals surface area contributed by atoms with Crippen LogP contribution in [0.2, 0.25) is 0 Å². The number of nitrogens with one attached hydrogen (secondary N) is 1. The molecule has 0 aliphatic heterocycles. The van der Waals surface area contributed by atoms with Gasteiger partial charge in [-0.25, -0.2) is 0 Å².